The van der Waals surface area contributed by atoms with Gasteiger partial charge in [0.25, 0.3) is 0 Å². The van der Waals surface area contributed by atoms with Crippen molar-refractivity contribution in [3.05, 3.63) is 34.4 Å². The molecule has 0 unspecified atom stereocenters. The maximum Gasteiger partial charge on any atom is 0.342 e. The van der Waals surface area contributed by atoms with Gasteiger partial charge in [-0.25, -0.2) is 14.4 Å². The normalized spacial score (nSPS) is 17.0. The summed E-state index contributed by atoms with van der Waals surface area (Å²) in [6, 6.07) is 0.620. The lowest BCUT2D eigenvalue weighted by atomic mass is 10.0. The van der Waals surface area contributed by atoms with Crippen LogP contribution in [0.4, 0.5) is 4.79 Å². The zero-order chi connectivity index (χ0) is 18.6. The summed E-state index contributed by atoms with van der Waals surface area (Å²) in [5.41, 5.74) is 0.792. The summed E-state index contributed by atoms with van der Waals surface area (Å²) < 4.78 is 15.6. The molecule has 2 N–H and O–H groups in total. The lowest BCUT2D eigenvalue weighted by Crippen LogP contribution is -2.51. The third kappa shape index (κ3) is 4.20. The van der Waals surface area contributed by atoms with Crippen molar-refractivity contribution in [1.29, 1.82) is 0 Å². The molecule has 1 aliphatic heterocycles. The van der Waals surface area contributed by atoms with Crippen molar-refractivity contribution in [3.63, 3.8) is 0 Å². The molecule has 1 aromatic heterocycles. The molecule has 2 amide bonds. The van der Waals surface area contributed by atoms with Crippen molar-refractivity contribution in [2.24, 2.45) is 0 Å². The van der Waals surface area contributed by atoms with E-state index in [1.165, 1.54) is 0 Å². The largest absolute Gasteiger partial charge is 0.466 e. The predicted molar refractivity (Wildman–Crippen MR) is 87.9 cm³/mol. The summed E-state index contributed by atoms with van der Waals surface area (Å²) in [4.78, 5) is 36.2. The molecule has 0 aliphatic carbocycles. The van der Waals surface area contributed by atoms with Crippen molar-refractivity contribution in [3.8, 4) is 0 Å². The van der Waals surface area contributed by atoms with Gasteiger partial charge in [-0.05, 0) is 33.3 Å². The second-order valence-electron chi connectivity index (χ2n) is 5.58. The molecule has 8 heteroatoms. The predicted octanol–water partition coefficient (Wildman–Crippen LogP) is 1.96. The van der Waals surface area contributed by atoms with E-state index in [0.29, 0.717) is 23.5 Å². The second kappa shape index (κ2) is 7.87. The van der Waals surface area contributed by atoms with E-state index in [1.807, 2.05) is 6.92 Å². The van der Waals surface area contributed by atoms with Gasteiger partial charge in [-0.15, -0.1) is 0 Å². The zero-order valence-electron chi connectivity index (χ0n) is 14.7. The first-order chi connectivity index (χ1) is 11.9. The Bertz CT molecular complexity index is 719. The van der Waals surface area contributed by atoms with E-state index in [1.54, 1.807) is 26.8 Å². The Labute approximate surface area is 145 Å². The lowest BCUT2D eigenvalue weighted by Gasteiger charge is -2.28. The average molecular weight is 350 g/mol. The van der Waals surface area contributed by atoms with Crippen LogP contribution in [0.3, 0.4) is 0 Å². The molecule has 0 radical (unpaired) electrons. The summed E-state index contributed by atoms with van der Waals surface area (Å²) in [6.45, 7) is 6.86. The van der Waals surface area contributed by atoms with E-state index >= 15 is 0 Å². The molecular weight excluding hydrogens is 328 g/mol. The Kier molecular flexibility index (Phi) is 5.84. The van der Waals surface area contributed by atoms with Crippen molar-refractivity contribution in [2.45, 2.75) is 40.2 Å². The molecule has 0 fully saturated rings. The number of amides is 2. The number of hydrogen-bond acceptors (Lipinski definition) is 6. The van der Waals surface area contributed by atoms with E-state index in [0.717, 1.165) is 0 Å². The molecule has 136 valence electrons. The Morgan fingerprint density at radius 3 is 2.48 bits per heavy atom. The number of nitrogens with one attached hydrogen (secondary N) is 2. The van der Waals surface area contributed by atoms with Crippen molar-refractivity contribution >= 4 is 18.0 Å². The second-order valence-corrected chi connectivity index (χ2v) is 5.58. The maximum absolute atomic E-state index is 12.2. The molecule has 25 heavy (non-hydrogen) atoms. The minimum atomic E-state index is -0.592. The number of urea groups is 1. The van der Waals surface area contributed by atoms with Gasteiger partial charge < -0.3 is 24.5 Å². The van der Waals surface area contributed by atoms with Gasteiger partial charge in [-0.2, -0.15) is 0 Å². The Hall–Kier alpha value is -2.77. The van der Waals surface area contributed by atoms with E-state index in [2.05, 4.69) is 10.6 Å². The smallest absolute Gasteiger partial charge is 0.342 e. The SMILES string of the molecule is CCOC(=O)C1=C(COC(=O)c2cc(C)oc2C)NC(=O)N[C@@H]1CC. The molecule has 0 aromatic carbocycles. The van der Waals surface area contributed by atoms with Crippen LogP contribution in [0.5, 0.6) is 0 Å². The first kappa shape index (κ1) is 18.6. The lowest BCUT2D eigenvalue weighted by molar-refractivity contribution is -0.139. The van der Waals surface area contributed by atoms with Crippen LogP contribution in [0.1, 0.15) is 42.1 Å². The van der Waals surface area contributed by atoms with Gasteiger partial charge in [0.2, 0.25) is 0 Å². The Morgan fingerprint density at radius 2 is 1.92 bits per heavy atom. The number of carbonyl (C=O) groups is 3. The Morgan fingerprint density at radius 1 is 1.20 bits per heavy atom. The topological polar surface area (TPSA) is 107 Å². The average Bonchev–Trinajstić information content (AvgIpc) is 2.90. The van der Waals surface area contributed by atoms with E-state index in [4.69, 9.17) is 13.9 Å². The molecule has 0 bridgehead atoms. The molecule has 1 atom stereocenters. The number of hydrogen-bond donors (Lipinski definition) is 2. The molecule has 1 aliphatic rings. The molecule has 0 saturated carbocycles. The summed E-state index contributed by atoms with van der Waals surface area (Å²) in [5.74, 6) is -0.103. The number of ether oxygens (including phenoxy) is 2. The molecule has 8 nitrogen and oxygen atoms in total. The molecule has 2 heterocycles. The van der Waals surface area contributed by atoms with Gasteiger partial charge in [0.1, 0.15) is 23.7 Å². The highest BCUT2D eigenvalue weighted by Crippen LogP contribution is 2.19. The highest BCUT2D eigenvalue weighted by Gasteiger charge is 2.32. The van der Waals surface area contributed by atoms with Gasteiger partial charge in [0.05, 0.1) is 23.9 Å². The highest BCUT2D eigenvalue weighted by molar-refractivity contribution is 5.95. The minimum Gasteiger partial charge on any atom is -0.466 e. The maximum atomic E-state index is 12.2. The van der Waals surface area contributed by atoms with Gasteiger partial charge >= 0.3 is 18.0 Å². The third-order valence-electron chi connectivity index (χ3n) is 3.76. The zero-order valence-corrected chi connectivity index (χ0v) is 14.7. The molecule has 2 rings (SSSR count). The molecule has 0 saturated heterocycles. The molecule has 1 aromatic rings. The summed E-state index contributed by atoms with van der Waals surface area (Å²) in [5, 5.41) is 5.18. The van der Waals surface area contributed by atoms with Crippen molar-refractivity contribution in [1.82, 2.24) is 10.6 Å². The highest BCUT2D eigenvalue weighted by atomic mass is 16.5. The van der Waals surface area contributed by atoms with Crippen LogP contribution in [0.15, 0.2) is 21.8 Å². The monoisotopic (exact) mass is 350 g/mol. The summed E-state index contributed by atoms with van der Waals surface area (Å²) in [6.07, 6.45) is 0.499. The van der Waals surface area contributed by atoms with Gasteiger partial charge in [0, 0.05) is 0 Å². The van der Waals surface area contributed by atoms with Crippen LogP contribution in [-0.4, -0.2) is 37.2 Å². The number of aryl methyl sites for hydroxylation is 2. The van der Waals surface area contributed by atoms with Crippen molar-refractivity contribution < 1.29 is 28.3 Å². The van der Waals surface area contributed by atoms with Crippen LogP contribution in [-0.2, 0) is 14.3 Å². The van der Waals surface area contributed by atoms with E-state index in [-0.39, 0.29) is 24.5 Å². The quantitative estimate of drug-likeness (QED) is 0.760. The summed E-state index contributed by atoms with van der Waals surface area (Å²) >= 11 is 0. The van der Waals surface area contributed by atoms with Crippen molar-refractivity contribution in [2.75, 3.05) is 13.2 Å². The fourth-order valence-electron chi connectivity index (χ4n) is 2.62. The van der Waals surface area contributed by atoms with Crippen LogP contribution in [0.25, 0.3) is 0 Å². The van der Waals surface area contributed by atoms with E-state index < -0.39 is 24.0 Å². The van der Waals surface area contributed by atoms with Crippen LogP contribution < -0.4 is 10.6 Å². The number of furan rings is 1. The Balaban J connectivity index is 2.22. The number of rotatable bonds is 6. The van der Waals surface area contributed by atoms with Crippen LogP contribution in [0, 0.1) is 13.8 Å². The van der Waals surface area contributed by atoms with Gasteiger partial charge in [0.15, 0.2) is 0 Å². The summed E-state index contributed by atoms with van der Waals surface area (Å²) in [7, 11) is 0. The van der Waals surface area contributed by atoms with Gasteiger partial charge in [-0.3, -0.25) is 0 Å². The van der Waals surface area contributed by atoms with Crippen LogP contribution >= 0.6 is 0 Å². The van der Waals surface area contributed by atoms with Crippen LogP contribution in [0.2, 0.25) is 0 Å². The first-order valence-electron chi connectivity index (χ1n) is 8.09. The first-order valence-corrected chi connectivity index (χ1v) is 8.09. The molecule has 0 spiro atoms. The number of esters is 2. The molecular formula is C17H22N2O6. The van der Waals surface area contributed by atoms with E-state index in [9.17, 15) is 14.4 Å². The van der Waals surface area contributed by atoms with Gasteiger partial charge in [-0.1, -0.05) is 6.92 Å². The fourth-order valence-corrected chi connectivity index (χ4v) is 2.62. The minimum absolute atomic E-state index is 0.202. The third-order valence-corrected chi connectivity index (χ3v) is 3.76. The standard InChI is InChI=1S/C17H22N2O6/c1-5-12-14(16(21)23-6-2)13(19-17(22)18-12)8-24-15(20)11-7-9(3)25-10(11)4/h7,12H,5-6,8H2,1-4H3,(H2,18,19,22)/t12-/m1/s1. The fraction of sp³-hybridized carbons (Fsp3) is 0.471. The number of carbonyl (C=O) groups excluding carboxylic acids is 3.